The highest BCUT2D eigenvalue weighted by Gasteiger charge is 2.29. The van der Waals surface area contributed by atoms with Gasteiger partial charge in [-0.1, -0.05) is 0 Å². The molecule has 2 amide bonds. The molecule has 0 bridgehead atoms. The van der Waals surface area contributed by atoms with Gasteiger partial charge in [0.2, 0.25) is 5.91 Å². The zero-order chi connectivity index (χ0) is 14.0. The van der Waals surface area contributed by atoms with Crippen molar-refractivity contribution in [2.24, 2.45) is 5.73 Å². The van der Waals surface area contributed by atoms with Crippen molar-refractivity contribution < 1.29 is 9.59 Å². The number of carbonyl (C=O) groups excluding carboxylic acids is 2. The van der Waals surface area contributed by atoms with Gasteiger partial charge in [-0.2, -0.15) is 0 Å². The van der Waals surface area contributed by atoms with E-state index in [1.54, 1.807) is 17.0 Å². The van der Waals surface area contributed by atoms with Gasteiger partial charge >= 0.3 is 0 Å². The van der Waals surface area contributed by atoms with E-state index in [4.69, 9.17) is 5.73 Å². The number of carbonyl (C=O) groups is 2. The fourth-order valence-electron chi connectivity index (χ4n) is 2.33. The third-order valence-electron chi connectivity index (χ3n) is 3.24. The van der Waals surface area contributed by atoms with Crippen LogP contribution in [0, 0.1) is 6.92 Å². The average molecular weight is 261 g/mol. The molecule has 19 heavy (non-hydrogen) atoms. The van der Waals surface area contributed by atoms with E-state index < -0.39 is 0 Å². The Labute approximate surface area is 112 Å². The summed E-state index contributed by atoms with van der Waals surface area (Å²) in [6, 6.07) is 5.26. The van der Waals surface area contributed by atoms with Gasteiger partial charge in [-0.05, 0) is 37.6 Å². The van der Waals surface area contributed by atoms with Crippen LogP contribution in [0.4, 0.5) is 5.69 Å². The number of rotatable bonds is 3. The molecule has 1 aromatic rings. The molecule has 1 aliphatic rings. The molecular formula is C14H19N3O2. The van der Waals surface area contributed by atoms with Gasteiger partial charge in [0, 0.05) is 36.8 Å². The van der Waals surface area contributed by atoms with Crippen LogP contribution in [-0.2, 0) is 4.79 Å². The standard InChI is InChI=1S/C14H19N3O2/c1-3-16-14(19)10-4-5-12(9(2)6-10)17-8-11(15)7-13(17)18/h4-6,11H,3,7-8,15H2,1-2H3,(H,16,19). The molecule has 1 heterocycles. The lowest BCUT2D eigenvalue weighted by molar-refractivity contribution is -0.117. The van der Waals surface area contributed by atoms with Crippen LogP contribution in [0.15, 0.2) is 18.2 Å². The second-order valence-electron chi connectivity index (χ2n) is 4.83. The molecule has 5 heteroatoms. The van der Waals surface area contributed by atoms with E-state index in [1.165, 1.54) is 0 Å². The molecule has 5 nitrogen and oxygen atoms in total. The summed E-state index contributed by atoms with van der Waals surface area (Å²) in [5.74, 6) is -0.0528. The monoisotopic (exact) mass is 261 g/mol. The van der Waals surface area contributed by atoms with Gasteiger partial charge in [0.05, 0.1) is 0 Å². The predicted molar refractivity (Wildman–Crippen MR) is 74.1 cm³/mol. The van der Waals surface area contributed by atoms with Gasteiger partial charge in [0.25, 0.3) is 5.91 Å². The molecule has 0 saturated carbocycles. The lowest BCUT2D eigenvalue weighted by Gasteiger charge is -2.19. The molecule has 1 atom stereocenters. The van der Waals surface area contributed by atoms with Gasteiger partial charge in [-0.15, -0.1) is 0 Å². The van der Waals surface area contributed by atoms with Crippen molar-refractivity contribution in [2.45, 2.75) is 26.3 Å². The fourth-order valence-corrected chi connectivity index (χ4v) is 2.33. The van der Waals surface area contributed by atoms with Crippen LogP contribution in [-0.4, -0.2) is 30.9 Å². The quantitative estimate of drug-likeness (QED) is 0.845. The van der Waals surface area contributed by atoms with Crippen LogP contribution in [0.1, 0.15) is 29.3 Å². The van der Waals surface area contributed by atoms with Crippen LogP contribution < -0.4 is 16.0 Å². The van der Waals surface area contributed by atoms with Gasteiger partial charge < -0.3 is 16.0 Å². The Morgan fingerprint density at radius 1 is 1.53 bits per heavy atom. The molecule has 0 aromatic heterocycles. The Kier molecular flexibility index (Phi) is 3.85. The molecular weight excluding hydrogens is 242 g/mol. The van der Waals surface area contributed by atoms with E-state index in [0.717, 1.165) is 11.3 Å². The highest BCUT2D eigenvalue weighted by Crippen LogP contribution is 2.25. The molecule has 1 aromatic carbocycles. The normalized spacial score (nSPS) is 18.8. The molecule has 1 saturated heterocycles. The summed E-state index contributed by atoms with van der Waals surface area (Å²) in [5.41, 5.74) is 8.15. The first-order valence-corrected chi connectivity index (χ1v) is 6.47. The summed E-state index contributed by atoms with van der Waals surface area (Å²) in [4.78, 5) is 25.3. The van der Waals surface area contributed by atoms with Gasteiger partial charge in [-0.25, -0.2) is 0 Å². The van der Waals surface area contributed by atoms with Crippen molar-refractivity contribution in [1.82, 2.24) is 5.32 Å². The van der Waals surface area contributed by atoms with Gasteiger partial charge in [0.1, 0.15) is 0 Å². The Morgan fingerprint density at radius 3 is 2.79 bits per heavy atom. The Bertz CT molecular complexity index is 513. The second-order valence-corrected chi connectivity index (χ2v) is 4.83. The second kappa shape index (κ2) is 5.40. The first-order chi connectivity index (χ1) is 9.02. The Morgan fingerprint density at radius 2 is 2.26 bits per heavy atom. The van der Waals surface area contributed by atoms with E-state index in [0.29, 0.717) is 25.1 Å². The number of aryl methyl sites for hydroxylation is 1. The zero-order valence-corrected chi connectivity index (χ0v) is 11.3. The van der Waals surface area contributed by atoms with Crippen molar-refractivity contribution in [3.05, 3.63) is 29.3 Å². The molecule has 1 aliphatic heterocycles. The molecule has 1 fully saturated rings. The number of nitrogens with zero attached hydrogens (tertiary/aromatic N) is 1. The Hall–Kier alpha value is -1.88. The number of nitrogens with two attached hydrogens (primary N) is 1. The van der Waals surface area contributed by atoms with Crippen LogP contribution in [0.3, 0.4) is 0 Å². The van der Waals surface area contributed by atoms with E-state index >= 15 is 0 Å². The minimum absolute atomic E-state index is 0.0429. The summed E-state index contributed by atoms with van der Waals surface area (Å²) >= 11 is 0. The topological polar surface area (TPSA) is 75.4 Å². The number of anilines is 1. The molecule has 2 rings (SSSR count). The highest BCUT2D eigenvalue weighted by atomic mass is 16.2. The lowest BCUT2D eigenvalue weighted by Crippen LogP contribution is -2.29. The van der Waals surface area contributed by atoms with Gasteiger partial charge in [-0.3, -0.25) is 9.59 Å². The number of benzene rings is 1. The minimum Gasteiger partial charge on any atom is -0.352 e. The maximum Gasteiger partial charge on any atom is 0.251 e. The molecule has 3 N–H and O–H groups in total. The van der Waals surface area contributed by atoms with Gasteiger partial charge in [0.15, 0.2) is 0 Å². The van der Waals surface area contributed by atoms with Crippen molar-refractivity contribution >= 4 is 17.5 Å². The summed E-state index contributed by atoms with van der Waals surface area (Å²) in [5, 5.41) is 2.75. The molecule has 1 unspecified atom stereocenters. The first-order valence-electron chi connectivity index (χ1n) is 6.47. The fraction of sp³-hybridized carbons (Fsp3) is 0.429. The van der Waals surface area contributed by atoms with Crippen LogP contribution in [0.5, 0.6) is 0 Å². The molecule has 0 radical (unpaired) electrons. The summed E-state index contributed by atoms with van der Waals surface area (Å²) < 4.78 is 0. The predicted octanol–water partition coefficient (Wildman–Crippen LogP) is 0.809. The summed E-state index contributed by atoms with van der Waals surface area (Å²) in [6.45, 7) is 4.91. The third kappa shape index (κ3) is 2.76. The first kappa shape index (κ1) is 13.5. The van der Waals surface area contributed by atoms with E-state index in [-0.39, 0.29) is 17.9 Å². The number of amides is 2. The molecule has 0 aliphatic carbocycles. The zero-order valence-electron chi connectivity index (χ0n) is 11.3. The molecule has 0 spiro atoms. The third-order valence-corrected chi connectivity index (χ3v) is 3.24. The number of hydrogen-bond donors (Lipinski definition) is 2. The van der Waals surface area contributed by atoms with E-state index in [9.17, 15) is 9.59 Å². The molecule has 102 valence electrons. The minimum atomic E-state index is -0.102. The SMILES string of the molecule is CCNC(=O)c1ccc(N2CC(N)CC2=O)c(C)c1. The maximum absolute atomic E-state index is 11.8. The lowest BCUT2D eigenvalue weighted by atomic mass is 10.1. The van der Waals surface area contributed by atoms with Crippen LogP contribution in [0.25, 0.3) is 0 Å². The van der Waals surface area contributed by atoms with E-state index in [1.807, 2.05) is 19.9 Å². The highest BCUT2D eigenvalue weighted by molar-refractivity contribution is 5.99. The van der Waals surface area contributed by atoms with Crippen molar-refractivity contribution in [1.29, 1.82) is 0 Å². The number of nitrogens with one attached hydrogen (secondary N) is 1. The number of hydrogen-bond acceptors (Lipinski definition) is 3. The van der Waals surface area contributed by atoms with Crippen molar-refractivity contribution in [2.75, 3.05) is 18.0 Å². The van der Waals surface area contributed by atoms with Crippen LogP contribution in [0.2, 0.25) is 0 Å². The summed E-state index contributed by atoms with van der Waals surface area (Å²) in [7, 11) is 0. The maximum atomic E-state index is 11.8. The van der Waals surface area contributed by atoms with Crippen molar-refractivity contribution in [3.8, 4) is 0 Å². The van der Waals surface area contributed by atoms with E-state index in [2.05, 4.69) is 5.32 Å². The Balaban J connectivity index is 2.25. The van der Waals surface area contributed by atoms with Crippen molar-refractivity contribution in [3.63, 3.8) is 0 Å². The average Bonchev–Trinajstić information content (AvgIpc) is 2.68. The summed E-state index contributed by atoms with van der Waals surface area (Å²) in [6.07, 6.45) is 0.386. The van der Waals surface area contributed by atoms with Crippen LogP contribution >= 0.6 is 0 Å². The largest absolute Gasteiger partial charge is 0.352 e. The smallest absolute Gasteiger partial charge is 0.251 e.